The van der Waals surface area contributed by atoms with Gasteiger partial charge in [-0.1, -0.05) is 11.6 Å². The van der Waals surface area contributed by atoms with Crippen LogP contribution in [-0.2, 0) is 0 Å². The van der Waals surface area contributed by atoms with Crippen molar-refractivity contribution in [2.24, 2.45) is 0 Å². The Kier molecular flexibility index (Phi) is 5.23. The first-order valence-corrected chi connectivity index (χ1v) is 4.65. The van der Waals surface area contributed by atoms with Gasteiger partial charge in [0.2, 0.25) is 0 Å². The molecule has 0 unspecified atom stereocenters. The monoisotopic (exact) mass is 201 g/mol. The van der Waals surface area contributed by atoms with E-state index in [1.165, 1.54) is 0 Å². The smallest absolute Gasteiger partial charge is 0.405 e. The van der Waals surface area contributed by atoms with E-state index in [0.717, 1.165) is 18.4 Å². The van der Waals surface area contributed by atoms with Crippen molar-refractivity contribution in [1.29, 1.82) is 0 Å². The Bertz CT molecular complexity index is 221. The lowest BCUT2D eigenvalue weighted by molar-refractivity contribution is 0.180. The first-order valence-electron chi connectivity index (χ1n) is 4.65. The summed E-state index contributed by atoms with van der Waals surface area (Å²) in [5.41, 5.74) is 0.656. The molecular formula is C10H19NO3. The molecule has 4 heteroatoms. The number of hydrogen-bond donors (Lipinski definition) is 3. The average molecular weight is 201 g/mol. The van der Waals surface area contributed by atoms with Crippen molar-refractivity contribution in [3.8, 4) is 0 Å². The molecule has 1 amide bonds. The van der Waals surface area contributed by atoms with Crippen LogP contribution >= 0.6 is 0 Å². The molecule has 0 rings (SSSR count). The molecule has 0 saturated heterocycles. The number of aliphatic hydroxyl groups is 1. The number of hydrogen-bond acceptors (Lipinski definition) is 2. The van der Waals surface area contributed by atoms with E-state index < -0.39 is 11.6 Å². The average Bonchev–Trinajstić information content (AvgIpc) is 1.99. The lowest BCUT2D eigenvalue weighted by Gasteiger charge is -2.24. The summed E-state index contributed by atoms with van der Waals surface area (Å²) in [5.74, 6) is 0. The van der Waals surface area contributed by atoms with Gasteiger partial charge in [-0.05, 0) is 33.6 Å². The van der Waals surface area contributed by atoms with Crippen LogP contribution in [0.15, 0.2) is 11.6 Å². The third kappa shape index (κ3) is 6.48. The fraction of sp³-hybridized carbons (Fsp3) is 0.700. The van der Waals surface area contributed by atoms with E-state index in [4.69, 9.17) is 10.2 Å². The molecule has 0 aromatic heterocycles. The highest BCUT2D eigenvalue weighted by Crippen LogP contribution is 2.15. The van der Waals surface area contributed by atoms with E-state index >= 15 is 0 Å². The van der Waals surface area contributed by atoms with Gasteiger partial charge in [-0.2, -0.15) is 0 Å². The molecule has 0 fully saturated rings. The van der Waals surface area contributed by atoms with Crippen LogP contribution in [0.2, 0.25) is 0 Å². The first-order chi connectivity index (χ1) is 6.37. The van der Waals surface area contributed by atoms with Gasteiger partial charge in [0.25, 0.3) is 0 Å². The molecule has 0 atom stereocenters. The molecule has 0 aliphatic rings. The second-order valence-corrected chi connectivity index (χ2v) is 4.05. The van der Waals surface area contributed by atoms with Gasteiger partial charge in [0.1, 0.15) is 0 Å². The number of rotatable bonds is 5. The van der Waals surface area contributed by atoms with Gasteiger partial charge in [0.15, 0.2) is 0 Å². The zero-order valence-corrected chi connectivity index (χ0v) is 9.00. The van der Waals surface area contributed by atoms with Crippen LogP contribution in [0.3, 0.4) is 0 Å². The number of nitrogens with one attached hydrogen (secondary N) is 1. The number of allylic oxidation sites excluding steroid dienone is 1. The zero-order chi connectivity index (χ0) is 11.2. The van der Waals surface area contributed by atoms with Gasteiger partial charge in [-0.15, -0.1) is 0 Å². The Labute approximate surface area is 84.6 Å². The minimum absolute atomic E-state index is 0.0403. The zero-order valence-electron chi connectivity index (χ0n) is 9.00. The van der Waals surface area contributed by atoms with Crippen molar-refractivity contribution in [3.05, 3.63) is 11.6 Å². The van der Waals surface area contributed by atoms with E-state index in [1.807, 2.05) is 20.8 Å². The highest BCUT2D eigenvalue weighted by Gasteiger charge is 2.19. The van der Waals surface area contributed by atoms with E-state index in [9.17, 15) is 4.79 Å². The molecule has 0 bridgehead atoms. The predicted octanol–water partition coefficient (Wildman–Crippen LogP) is 1.75. The number of aliphatic hydroxyl groups excluding tert-OH is 1. The summed E-state index contributed by atoms with van der Waals surface area (Å²) in [7, 11) is 0. The highest BCUT2D eigenvalue weighted by molar-refractivity contribution is 5.65. The molecular weight excluding hydrogens is 182 g/mol. The molecule has 82 valence electrons. The fourth-order valence-electron chi connectivity index (χ4n) is 1.12. The van der Waals surface area contributed by atoms with E-state index in [0.29, 0.717) is 0 Å². The van der Waals surface area contributed by atoms with Crippen molar-refractivity contribution in [3.63, 3.8) is 0 Å². The van der Waals surface area contributed by atoms with Crippen molar-refractivity contribution in [2.75, 3.05) is 6.61 Å². The third-order valence-electron chi connectivity index (χ3n) is 2.03. The maximum Gasteiger partial charge on any atom is 0.405 e. The molecule has 0 aliphatic heterocycles. The van der Waals surface area contributed by atoms with Crippen LogP contribution in [0.4, 0.5) is 4.79 Å². The minimum atomic E-state index is -1.00. The van der Waals surface area contributed by atoms with Gasteiger partial charge in [0, 0.05) is 5.54 Å². The molecule has 0 aliphatic carbocycles. The van der Waals surface area contributed by atoms with Crippen molar-refractivity contribution < 1.29 is 15.0 Å². The van der Waals surface area contributed by atoms with Crippen molar-refractivity contribution in [1.82, 2.24) is 5.32 Å². The molecule has 14 heavy (non-hydrogen) atoms. The van der Waals surface area contributed by atoms with Crippen LogP contribution in [0.25, 0.3) is 0 Å². The summed E-state index contributed by atoms with van der Waals surface area (Å²) in [6.07, 6.45) is 2.24. The molecule has 0 spiro atoms. The van der Waals surface area contributed by atoms with Gasteiger partial charge in [0.05, 0.1) is 6.61 Å². The third-order valence-corrected chi connectivity index (χ3v) is 2.03. The fourth-order valence-corrected chi connectivity index (χ4v) is 1.12. The van der Waals surface area contributed by atoms with Crippen LogP contribution in [-0.4, -0.2) is 28.5 Å². The molecule has 3 N–H and O–H groups in total. The summed E-state index contributed by atoms with van der Waals surface area (Å²) in [6.45, 7) is 5.65. The maximum atomic E-state index is 10.4. The Balaban J connectivity index is 3.98. The van der Waals surface area contributed by atoms with Crippen LogP contribution in [0, 0.1) is 0 Å². The summed E-state index contributed by atoms with van der Waals surface area (Å²) < 4.78 is 0. The standard InChI is InChI=1S/C10H19NO3/c1-8(5-7-12)4-6-10(2,3)11-9(13)14/h5,11-12H,4,6-7H2,1-3H3,(H,13,14)/b8-5-. The SMILES string of the molecule is C/C(=C/CO)CCC(C)(C)NC(=O)O. The van der Waals surface area contributed by atoms with Gasteiger partial charge in [-0.25, -0.2) is 4.79 Å². The normalized spacial score (nSPS) is 12.7. The molecule has 0 heterocycles. The van der Waals surface area contributed by atoms with E-state index in [2.05, 4.69) is 5.32 Å². The van der Waals surface area contributed by atoms with Gasteiger partial charge >= 0.3 is 6.09 Å². The molecule has 0 aromatic rings. The topological polar surface area (TPSA) is 69.6 Å². The Morgan fingerprint density at radius 1 is 1.50 bits per heavy atom. The molecule has 0 aromatic carbocycles. The minimum Gasteiger partial charge on any atom is -0.465 e. The molecule has 4 nitrogen and oxygen atoms in total. The summed E-state index contributed by atoms with van der Waals surface area (Å²) in [6, 6.07) is 0. The second kappa shape index (κ2) is 5.65. The van der Waals surface area contributed by atoms with Gasteiger partial charge in [-0.3, -0.25) is 0 Å². The summed E-state index contributed by atoms with van der Waals surface area (Å²) >= 11 is 0. The largest absolute Gasteiger partial charge is 0.465 e. The molecule has 0 saturated carbocycles. The first kappa shape index (κ1) is 13.0. The van der Waals surface area contributed by atoms with Crippen LogP contribution < -0.4 is 5.32 Å². The molecule has 0 radical (unpaired) electrons. The predicted molar refractivity (Wildman–Crippen MR) is 55.3 cm³/mol. The second-order valence-electron chi connectivity index (χ2n) is 4.05. The quantitative estimate of drug-likeness (QED) is 0.593. The highest BCUT2D eigenvalue weighted by atomic mass is 16.4. The van der Waals surface area contributed by atoms with E-state index in [1.54, 1.807) is 6.08 Å². The van der Waals surface area contributed by atoms with Gasteiger partial charge < -0.3 is 15.5 Å². The summed E-state index contributed by atoms with van der Waals surface area (Å²) in [4.78, 5) is 10.4. The van der Waals surface area contributed by atoms with Crippen LogP contribution in [0.1, 0.15) is 33.6 Å². The van der Waals surface area contributed by atoms with Crippen molar-refractivity contribution in [2.45, 2.75) is 39.2 Å². The lowest BCUT2D eigenvalue weighted by atomic mass is 9.96. The van der Waals surface area contributed by atoms with Crippen molar-refractivity contribution >= 4 is 6.09 Å². The van der Waals surface area contributed by atoms with E-state index in [-0.39, 0.29) is 6.61 Å². The number of amides is 1. The number of carbonyl (C=O) groups is 1. The van der Waals surface area contributed by atoms with Crippen LogP contribution in [0.5, 0.6) is 0 Å². The Hall–Kier alpha value is -1.03. The Morgan fingerprint density at radius 3 is 2.50 bits per heavy atom. The number of carboxylic acid groups (broad SMARTS) is 1. The summed E-state index contributed by atoms with van der Waals surface area (Å²) in [5, 5.41) is 19.6. The maximum absolute atomic E-state index is 10.4. The lowest BCUT2D eigenvalue weighted by Crippen LogP contribution is -2.42. The Morgan fingerprint density at radius 2 is 2.07 bits per heavy atom.